The molecule has 8 amide bonds. The lowest BCUT2D eigenvalue weighted by molar-refractivity contribution is -0.143. The molecule has 0 aliphatic carbocycles. The first-order valence-electron chi connectivity index (χ1n) is 19.0. The van der Waals surface area contributed by atoms with Gasteiger partial charge in [-0.05, 0) is 44.0 Å². The van der Waals surface area contributed by atoms with E-state index in [2.05, 4.69) is 21.3 Å². The molecular weight excluding hydrogens is 792 g/mol. The highest BCUT2D eigenvalue weighted by molar-refractivity contribution is 6.26. The van der Waals surface area contributed by atoms with Crippen molar-refractivity contribution in [3.05, 3.63) is 58.7 Å². The number of ketones is 1. The fraction of sp³-hybridized carbons (Fsp3) is 0.436. The smallest absolute Gasteiger partial charge is 0.329 e. The molecule has 4 aliphatic heterocycles. The van der Waals surface area contributed by atoms with E-state index in [1.807, 2.05) is 0 Å². The molecule has 0 radical (unpaired) electrons. The van der Waals surface area contributed by atoms with Gasteiger partial charge >= 0.3 is 5.97 Å². The van der Waals surface area contributed by atoms with Crippen LogP contribution in [0.25, 0.3) is 0 Å². The summed E-state index contributed by atoms with van der Waals surface area (Å²) < 4.78 is 20.7. The zero-order chi connectivity index (χ0) is 43.3. The minimum Gasteiger partial charge on any atom is -0.480 e. The van der Waals surface area contributed by atoms with Gasteiger partial charge in [0.15, 0.2) is 5.78 Å². The quantitative estimate of drug-likeness (QED) is 0.0848. The fourth-order valence-electron chi connectivity index (χ4n) is 6.66. The molecule has 2 aromatic carbocycles. The van der Waals surface area contributed by atoms with Crippen LogP contribution in [0, 0.1) is 0 Å². The molecule has 2 atom stereocenters. The fourth-order valence-corrected chi connectivity index (χ4v) is 6.66. The highest BCUT2D eigenvalue weighted by Crippen LogP contribution is 2.33. The van der Waals surface area contributed by atoms with Gasteiger partial charge in [-0.15, -0.1) is 0 Å². The minimum atomic E-state index is -1.06. The van der Waals surface area contributed by atoms with Crippen molar-refractivity contribution in [1.82, 2.24) is 20.4 Å². The summed E-state index contributed by atoms with van der Waals surface area (Å²) in [6.07, 6.45) is 0.333. The lowest BCUT2D eigenvalue weighted by atomic mass is 10.0. The number of aliphatic carboxylic acids is 1. The van der Waals surface area contributed by atoms with Crippen LogP contribution in [0.15, 0.2) is 36.4 Å². The number of carbonyl (C=O) groups excluding carboxylic acids is 9. The zero-order valence-electron chi connectivity index (χ0n) is 32.6. The minimum absolute atomic E-state index is 0.0532. The van der Waals surface area contributed by atoms with Crippen molar-refractivity contribution < 1.29 is 72.0 Å². The number of benzene rings is 2. The number of rotatable bonds is 20. The van der Waals surface area contributed by atoms with Gasteiger partial charge in [0, 0.05) is 37.3 Å². The maximum absolute atomic E-state index is 12.9. The van der Waals surface area contributed by atoms with Gasteiger partial charge in [0.25, 0.3) is 23.6 Å². The summed E-state index contributed by atoms with van der Waals surface area (Å²) >= 11 is 0. The second-order valence-corrected chi connectivity index (χ2v) is 13.6. The number of hydrogen-bond acceptors (Lipinski definition) is 16. The summed E-state index contributed by atoms with van der Waals surface area (Å²) in [6, 6.07) is 7.64. The Hall–Kier alpha value is -6.42. The number of hydrogen-bond donors (Lipinski definition) is 5. The van der Waals surface area contributed by atoms with Gasteiger partial charge in [0.2, 0.25) is 23.6 Å². The number of nitrogens with one attached hydrogen (secondary N) is 4. The monoisotopic (exact) mass is 836 g/mol. The van der Waals surface area contributed by atoms with Crippen molar-refractivity contribution in [3.8, 4) is 0 Å². The summed E-state index contributed by atoms with van der Waals surface area (Å²) in [6.45, 7) is 3.37. The van der Waals surface area contributed by atoms with Crippen LogP contribution in [0.3, 0.4) is 0 Å². The first-order chi connectivity index (χ1) is 28.8. The molecule has 6 rings (SSSR count). The number of amides is 8. The number of ether oxygens (including phenoxy) is 4. The highest BCUT2D eigenvalue weighted by atomic mass is 16.5. The van der Waals surface area contributed by atoms with Gasteiger partial charge in [-0.2, -0.15) is 0 Å². The summed E-state index contributed by atoms with van der Waals surface area (Å²) in [4.78, 5) is 121. The molecule has 2 aromatic rings. The molecular formula is C39H44N6O15. The third-order valence-electron chi connectivity index (χ3n) is 9.33. The Morgan fingerprint density at radius 3 is 1.43 bits per heavy atom. The topological polar surface area (TPSA) is 282 Å². The maximum atomic E-state index is 12.9. The summed E-state index contributed by atoms with van der Waals surface area (Å²) in [5.41, 5.74) is 1.70. The molecule has 2 unspecified atom stereocenters. The lowest BCUT2D eigenvalue weighted by Crippen LogP contribution is -2.54. The zero-order valence-corrected chi connectivity index (χ0v) is 32.6. The number of nitrogens with zero attached hydrogens (tertiary/aromatic N) is 2. The molecule has 320 valence electrons. The second-order valence-electron chi connectivity index (χ2n) is 13.6. The van der Waals surface area contributed by atoms with Crippen LogP contribution in [0.2, 0.25) is 0 Å². The van der Waals surface area contributed by atoms with E-state index in [-0.39, 0.29) is 80.1 Å². The van der Waals surface area contributed by atoms with Gasteiger partial charge in [-0.3, -0.25) is 63.6 Å². The number of carboxylic acid groups (broad SMARTS) is 1. The molecule has 21 nitrogen and oxygen atoms in total. The number of fused-ring (bicyclic) bond motifs is 2. The Labute approximate surface area is 342 Å². The number of Topliss-reactive ketones (excluding diaryl/α,β-unsaturated/α-hetero) is 1. The normalized spacial score (nSPS) is 18.4. The molecule has 2 fully saturated rings. The molecule has 21 heteroatoms. The van der Waals surface area contributed by atoms with Crippen LogP contribution in [0.4, 0.5) is 11.4 Å². The van der Waals surface area contributed by atoms with E-state index in [0.717, 1.165) is 9.80 Å². The average Bonchev–Trinajstić information content (AvgIpc) is 3.61. The maximum Gasteiger partial charge on any atom is 0.329 e. The van der Waals surface area contributed by atoms with Gasteiger partial charge < -0.3 is 34.7 Å². The summed E-state index contributed by atoms with van der Waals surface area (Å²) in [5.74, 6) is -5.52. The predicted molar refractivity (Wildman–Crippen MR) is 205 cm³/mol. The molecule has 5 N–H and O–H groups in total. The standard InChI is InChI=1S/C20H23N3O7.C19H21N3O8/c1-12(24)11-30-10-9-29-8-7-21-14-4-2-3-13-17(14)20(28)23(19(13)27)15-5-6-16(25)22-18(15)26;23-14-5-4-13(17(26)21-14)22-18(27)11-2-1-3-12(16(11)19(22)28)20-6-7-29-8-9-30-10-15(24)25/h2-4,15,21H,5-11H2,1H3,(H,22,25,26);1-3,13,20H,4-10H2,(H,24,25)(H,21,23,26). The van der Waals surface area contributed by atoms with E-state index in [1.54, 1.807) is 24.3 Å². The van der Waals surface area contributed by atoms with E-state index in [1.165, 1.54) is 19.1 Å². The average molecular weight is 837 g/mol. The van der Waals surface area contributed by atoms with Crippen LogP contribution in [-0.2, 0) is 47.7 Å². The van der Waals surface area contributed by atoms with Gasteiger partial charge in [0.1, 0.15) is 25.3 Å². The van der Waals surface area contributed by atoms with Crippen molar-refractivity contribution in [2.24, 2.45) is 0 Å². The van der Waals surface area contributed by atoms with Gasteiger partial charge in [-0.25, -0.2) is 4.79 Å². The first-order valence-corrected chi connectivity index (χ1v) is 19.0. The van der Waals surface area contributed by atoms with E-state index in [4.69, 9.17) is 24.1 Å². The SMILES string of the molecule is CC(=O)COCCOCCNc1cccc2c1C(=O)N(C1CCC(=O)NC1=O)C2=O.O=C(O)COCCOCCNc1cccc2c1C(=O)N(C1CCC(=O)NC1=O)C2=O. The van der Waals surface area contributed by atoms with E-state index in [0.29, 0.717) is 44.3 Å². The Kier molecular flexibility index (Phi) is 15.7. The molecule has 60 heavy (non-hydrogen) atoms. The number of carbonyl (C=O) groups is 10. The molecule has 0 spiro atoms. The molecule has 0 saturated carbocycles. The van der Waals surface area contributed by atoms with E-state index < -0.39 is 71.9 Å². The lowest BCUT2D eigenvalue weighted by Gasteiger charge is -2.27. The van der Waals surface area contributed by atoms with Crippen molar-refractivity contribution >= 4 is 70.4 Å². The van der Waals surface area contributed by atoms with Crippen LogP contribution in [0.1, 0.15) is 74.0 Å². The number of carboxylic acids is 1. The number of imide groups is 4. The van der Waals surface area contributed by atoms with E-state index >= 15 is 0 Å². The van der Waals surface area contributed by atoms with E-state index in [9.17, 15) is 47.9 Å². The third-order valence-corrected chi connectivity index (χ3v) is 9.33. The third kappa shape index (κ3) is 11.0. The van der Waals surface area contributed by atoms with Crippen molar-refractivity contribution in [1.29, 1.82) is 0 Å². The van der Waals surface area contributed by atoms with Crippen molar-refractivity contribution in [3.63, 3.8) is 0 Å². The highest BCUT2D eigenvalue weighted by Gasteiger charge is 2.47. The Morgan fingerprint density at radius 1 is 0.617 bits per heavy atom. The van der Waals surface area contributed by atoms with Crippen molar-refractivity contribution in [2.45, 2.75) is 44.7 Å². The molecule has 0 aromatic heterocycles. The van der Waals surface area contributed by atoms with Crippen molar-refractivity contribution in [2.75, 3.05) is 76.6 Å². The Balaban J connectivity index is 0.000000228. The Morgan fingerprint density at radius 2 is 1.03 bits per heavy atom. The van der Waals surface area contributed by atoms with Gasteiger partial charge in [-0.1, -0.05) is 12.1 Å². The van der Waals surface area contributed by atoms with Crippen LogP contribution >= 0.6 is 0 Å². The second kappa shape index (κ2) is 21.0. The largest absolute Gasteiger partial charge is 0.480 e. The number of anilines is 2. The number of piperidine rings is 2. The van der Waals surface area contributed by atoms with Crippen LogP contribution < -0.4 is 21.3 Å². The first kappa shape index (κ1) is 44.7. The predicted octanol–water partition coefficient (Wildman–Crippen LogP) is -0.261. The van der Waals surface area contributed by atoms with Gasteiger partial charge in [0.05, 0.1) is 61.9 Å². The molecule has 4 heterocycles. The molecule has 2 saturated heterocycles. The molecule has 4 aliphatic rings. The summed E-state index contributed by atoms with van der Waals surface area (Å²) in [5, 5.41) is 18.9. The van der Waals surface area contributed by atoms with Crippen LogP contribution in [0.5, 0.6) is 0 Å². The Bertz CT molecular complexity index is 1910. The van der Waals surface area contributed by atoms with Crippen LogP contribution in [-0.4, -0.2) is 152 Å². The summed E-state index contributed by atoms with van der Waals surface area (Å²) in [7, 11) is 0. The molecule has 0 bridgehead atoms.